The molecule has 0 saturated heterocycles. The van der Waals surface area contributed by atoms with E-state index in [1.165, 1.54) is 36.2 Å². The van der Waals surface area contributed by atoms with E-state index in [0.717, 1.165) is 11.1 Å². The number of nitrogens with zero attached hydrogens (tertiary/aromatic N) is 2. The van der Waals surface area contributed by atoms with Crippen molar-refractivity contribution in [3.05, 3.63) is 63.4 Å². The third-order valence-corrected chi connectivity index (χ3v) is 3.61. The lowest BCUT2D eigenvalue weighted by molar-refractivity contribution is -0.402. The van der Waals surface area contributed by atoms with Gasteiger partial charge in [0.15, 0.2) is 0 Å². The molecule has 0 fully saturated rings. The molecule has 0 saturated carbocycles. The summed E-state index contributed by atoms with van der Waals surface area (Å²) in [7, 11) is 1.49. The van der Waals surface area contributed by atoms with Gasteiger partial charge in [0.25, 0.3) is 0 Å². The molecule has 8 heteroatoms. The minimum atomic E-state index is -0.664. The smallest absolute Gasteiger partial charge is 0.401 e. The van der Waals surface area contributed by atoms with Crippen molar-refractivity contribution >= 4 is 29.5 Å². The number of anilines is 1. The molecule has 0 unspecified atom stereocenters. The van der Waals surface area contributed by atoms with Gasteiger partial charge >= 0.3 is 5.88 Å². The number of nitro groups is 1. The summed E-state index contributed by atoms with van der Waals surface area (Å²) in [5.41, 5.74) is 2.65. The second-order valence-electron chi connectivity index (χ2n) is 5.83. The molecule has 0 radical (unpaired) electrons. The summed E-state index contributed by atoms with van der Waals surface area (Å²) in [4.78, 5) is 35.3. The van der Waals surface area contributed by atoms with Crippen LogP contribution in [0, 0.1) is 24.0 Å². The Balaban J connectivity index is 1.93. The highest BCUT2D eigenvalue weighted by atomic mass is 16.6. The van der Waals surface area contributed by atoms with E-state index in [2.05, 4.69) is 5.32 Å². The van der Waals surface area contributed by atoms with E-state index in [0.29, 0.717) is 5.69 Å². The third-order valence-electron chi connectivity index (χ3n) is 3.61. The molecule has 2 amide bonds. The van der Waals surface area contributed by atoms with Crippen LogP contribution in [-0.4, -0.2) is 35.2 Å². The van der Waals surface area contributed by atoms with Crippen molar-refractivity contribution in [3.8, 4) is 0 Å². The second kappa shape index (κ2) is 8.11. The molecule has 136 valence electrons. The van der Waals surface area contributed by atoms with Crippen LogP contribution in [0.2, 0.25) is 0 Å². The maximum absolute atomic E-state index is 12.1. The summed E-state index contributed by atoms with van der Waals surface area (Å²) in [6.07, 6.45) is 2.50. The van der Waals surface area contributed by atoms with Gasteiger partial charge in [0.2, 0.25) is 11.8 Å². The second-order valence-corrected chi connectivity index (χ2v) is 5.83. The highest BCUT2D eigenvalue weighted by molar-refractivity contribution is 5.98. The molecule has 1 N–H and O–H groups in total. The van der Waals surface area contributed by atoms with E-state index < -0.39 is 16.7 Å². The summed E-state index contributed by atoms with van der Waals surface area (Å²) in [6, 6.07) is 8.30. The number of furan rings is 1. The minimum Gasteiger partial charge on any atom is -0.401 e. The zero-order valence-electron chi connectivity index (χ0n) is 14.7. The molecule has 0 aliphatic heterocycles. The maximum atomic E-state index is 12.1. The Morgan fingerprint density at radius 3 is 2.65 bits per heavy atom. The number of likely N-dealkylation sites (N-methyl/N-ethyl adjacent to an activating group) is 1. The number of rotatable bonds is 6. The van der Waals surface area contributed by atoms with Crippen molar-refractivity contribution in [2.45, 2.75) is 13.8 Å². The molecule has 0 atom stereocenters. The molecule has 2 aromatic rings. The van der Waals surface area contributed by atoms with E-state index in [9.17, 15) is 19.7 Å². The lowest BCUT2D eigenvalue weighted by atomic mass is 10.1. The van der Waals surface area contributed by atoms with Crippen molar-refractivity contribution < 1.29 is 18.9 Å². The lowest BCUT2D eigenvalue weighted by Gasteiger charge is -2.15. The number of carbonyl (C=O) groups excluding carboxylic acids is 2. The molecule has 0 bridgehead atoms. The SMILES string of the molecule is Cc1ccc(C)c(NC(=O)CN(C)C(=O)/C=C/c2ccc([N+](=O)[O-])o2)c1. The summed E-state index contributed by atoms with van der Waals surface area (Å²) in [6.45, 7) is 3.68. The predicted octanol–water partition coefficient (Wildman–Crippen LogP) is 2.91. The van der Waals surface area contributed by atoms with Gasteiger partial charge in [0.05, 0.1) is 12.6 Å². The summed E-state index contributed by atoms with van der Waals surface area (Å²) < 4.78 is 4.92. The fraction of sp³-hybridized carbons (Fsp3) is 0.222. The van der Waals surface area contributed by atoms with Crippen molar-refractivity contribution in [2.75, 3.05) is 18.9 Å². The van der Waals surface area contributed by atoms with E-state index in [1.807, 2.05) is 32.0 Å². The Kier molecular flexibility index (Phi) is 5.90. The van der Waals surface area contributed by atoms with Crippen LogP contribution >= 0.6 is 0 Å². The zero-order chi connectivity index (χ0) is 19.3. The van der Waals surface area contributed by atoms with Crippen LogP contribution in [0.4, 0.5) is 11.6 Å². The Morgan fingerprint density at radius 2 is 2.00 bits per heavy atom. The molecule has 1 aromatic heterocycles. The molecule has 26 heavy (non-hydrogen) atoms. The van der Waals surface area contributed by atoms with Gasteiger partial charge in [-0.1, -0.05) is 12.1 Å². The van der Waals surface area contributed by atoms with Crippen LogP contribution in [0.3, 0.4) is 0 Å². The van der Waals surface area contributed by atoms with Gasteiger partial charge in [-0.05, 0) is 43.2 Å². The Morgan fingerprint density at radius 1 is 1.27 bits per heavy atom. The van der Waals surface area contributed by atoms with Gasteiger partial charge in [-0.15, -0.1) is 0 Å². The third kappa shape index (κ3) is 5.04. The largest absolute Gasteiger partial charge is 0.433 e. The van der Waals surface area contributed by atoms with Crippen LogP contribution in [-0.2, 0) is 9.59 Å². The maximum Gasteiger partial charge on any atom is 0.433 e. The van der Waals surface area contributed by atoms with Gasteiger partial charge in [-0.3, -0.25) is 19.7 Å². The molecule has 0 spiro atoms. The summed E-state index contributed by atoms with van der Waals surface area (Å²) in [5, 5.41) is 13.3. The summed E-state index contributed by atoms with van der Waals surface area (Å²) in [5.74, 6) is -0.978. The molecule has 2 rings (SSSR count). The number of hydrogen-bond donors (Lipinski definition) is 1. The van der Waals surface area contributed by atoms with Crippen LogP contribution in [0.15, 0.2) is 40.8 Å². The Bertz CT molecular complexity index is 869. The number of aryl methyl sites for hydroxylation is 2. The Labute approximate surface area is 150 Å². The highest BCUT2D eigenvalue weighted by Gasteiger charge is 2.13. The number of carbonyl (C=O) groups is 2. The van der Waals surface area contributed by atoms with Crippen molar-refractivity contribution in [1.29, 1.82) is 0 Å². The topological polar surface area (TPSA) is 106 Å². The quantitative estimate of drug-likeness (QED) is 0.486. The predicted molar refractivity (Wildman–Crippen MR) is 96.6 cm³/mol. The first-order valence-corrected chi connectivity index (χ1v) is 7.81. The monoisotopic (exact) mass is 357 g/mol. The van der Waals surface area contributed by atoms with Crippen LogP contribution < -0.4 is 5.32 Å². The fourth-order valence-electron chi connectivity index (χ4n) is 2.16. The Hall–Kier alpha value is -3.42. The van der Waals surface area contributed by atoms with Crippen LogP contribution in [0.25, 0.3) is 6.08 Å². The molecular formula is C18H19N3O5. The molecule has 1 aromatic carbocycles. The standard InChI is InChI=1S/C18H19N3O5/c1-12-4-5-13(2)15(10-12)19-16(22)11-20(3)17(23)8-6-14-7-9-18(26-14)21(24)25/h4-10H,11H2,1-3H3,(H,19,22)/b8-6+. The van der Waals surface area contributed by atoms with Crippen LogP contribution in [0.1, 0.15) is 16.9 Å². The number of hydrogen-bond acceptors (Lipinski definition) is 5. The van der Waals surface area contributed by atoms with Crippen molar-refractivity contribution in [3.63, 3.8) is 0 Å². The van der Waals surface area contributed by atoms with Gasteiger partial charge in [0.1, 0.15) is 10.7 Å². The zero-order valence-corrected chi connectivity index (χ0v) is 14.7. The van der Waals surface area contributed by atoms with Gasteiger partial charge < -0.3 is 14.6 Å². The van der Waals surface area contributed by atoms with E-state index in [-0.39, 0.29) is 18.2 Å². The number of amides is 2. The molecule has 0 aliphatic rings. The first-order chi connectivity index (χ1) is 12.3. The van der Waals surface area contributed by atoms with Crippen molar-refractivity contribution in [1.82, 2.24) is 4.90 Å². The molecule has 8 nitrogen and oxygen atoms in total. The van der Waals surface area contributed by atoms with E-state index in [1.54, 1.807) is 0 Å². The van der Waals surface area contributed by atoms with Gasteiger partial charge in [0, 0.05) is 18.8 Å². The number of nitrogens with one attached hydrogen (secondary N) is 1. The van der Waals surface area contributed by atoms with Crippen LogP contribution in [0.5, 0.6) is 0 Å². The molecule has 0 aliphatic carbocycles. The first kappa shape index (κ1) is 18.9. The fourth-order valence-corrected chi connectivity index (χ4v) is 2.16. The highest BCUT2D eigenvalue weighted by Crippen LogP contribution is 2.17. The average molecular weight is 357 g/mol. The minimum absolute atomic E-state index is 0.130. The lowest BCUT2D eigenvalue weighted by Crippen LogP contribution is -2.34. The summed E-state index contributed by atoms with van der Waals surface area (Å²) >= 11 is 0. The van der Waals surface area contributed by atoms with Crippen molar-refractivity contribution in [2.24, 2.45) is 0 Å². The molecular weight excluding hydrogens is 338 g/mol. The van der Waals surface area contributed by atoms with Gasteiger partial charge in [-0.25, -0.2) is 0 Å². The normalized spacial score (nSPS) is 10.7. The van der Waals surface area contributed by atoms with Gasteiger partial charge in [-0.2, -0.15) is 0 Å². The average Bonchev–Trinajstić information content (AvgIpc) is 3.05. The number of benzene rings is 1. The van der Waals surface area contributed by atoms with E-state index >= 15 is 0 Å². The molecule has 1 heterocycles. The van der Waals surface area contributed by atoms with E-state index in [4.69, 9.17) is 4.42 Å². The first-order valence-electron chi connectivity index (χ1n) is 7.81.